The van der Waals surface area contributed by atoms with E-state index < -0.39 is 6.10 Å². The summed E-state index contributed by atoms with van der Waals surface area (Å²) < 4.78 is 16.9. The maximum absolute atomic E-state index is 12.9. The Morgan fingerprint density at radius 1 is 0.280 bits per heavy atom. The molecule has 0 saturated heterocycles. The van der Waals surface area contributed by atoms with Crippen LogP contribution in [0.2, 0.25) is 0 Å². The Kier molecular flexibility index (Phi) is 58.9. The SMILES string of the molecule is CC/C=C\C/C=C\C/C=C\C/C=C\C/C=C\C/C=C\CCCCCCCCCCCCC(=O)OCC(COC(=O)CCCCCCCCCCC)OC(=O)CCCCCCCC/C=C\C/C=C\C/C=C\C/C=C\CC. The molecule has 0 aromatic heterocycles. The van der Waals surface area contributed by atoms with Crippen LogP contribution in [-0.4, -0.2) is 37.2 Å². The van der Waals surface area contributed by atoms with Gasteiger partial charge in [0.1, 0.15) is 13.2 Å². The Morgan fingerprint density at radius 3 is 0.813 bits per heavy atom. The van der Waals surface area contributed by atoms with E-state index in [0.717, 1.165) is 135 Å². The number of ether oxygens (including phenoxy) is 3. The van der Waals surface area contributed by atoms with E-state index in [9.17, 15) is 14.4 Å². The molecule has 0 aromatic rings. The molecule has 0 aliphatic carbocycles. The van der Waals surface area contributed by atoms with Crippen molar-refractivity contribution in [3.63, 3.8) is 0 Å². The Balaban J connectivity index is 4.25. The largest absolute Gasteiger partial charge is 0.462 e. The van der Waals surface area contributed by atoms with Gasteiger partial charge >= 0.3 is 17.9 Å². The number of rotatable bonds is 55. The highest BCUT2D eigenvalue weighted by Crippen LogP contribution is 2.15. The van der Waals surface area contributed by atoms with Gasteiger partial charge in [0.25, 0.3) is 0 Å². The third kappa shape index (κ3) is 60.6. The normalized spacial score (nSPS) is 12.9. The fourth-order valence-corrected chi connectivity index (χ4v) is 8.38. The van der Waals surface area contributed by atoms with Crippen molar-refractivity contribution < 1.29 is 28.6 Å². The fraction of sp³-hybridized carbons (Fsp3) is 0.667. The summed E-state index contributed by atoms with van der Waals surface area (Å²) in [7, 11) is 0. The van der Waals surface area contributed by atoms with E-state index in [2.05, 4.69) is 142 Å². The molecule has 0 amide bonds. The van der Waals surface area contributed by atoms with Crippen LogP contribution in [0.4, 0.5) is 0 Å². The lowest BCUT2D eigenvalue weighted by Gasteiger charge is -2.18. The molecule has 0 fully saturated rings. The molecule has 0 aliphatic heterocycles. The Bertz CT molecular complexity index is 1570. The molecular formula is C69H114O6. The van der Waals surface area contributed by atoms with Crippen molar-refractivity contribution in [2.75, 3.05) is 13.2 Å². The van der Waals surface area contributed by atoms with E-state index >= 15 is 0 Å². The molecule has 0 saturated carbocycles. The summed E-state index contributed by atoms with van der Waals surface area (Å²) in [6, 6.07) is 0. The molecule has 6 nitrogen and oxygen atoms in total. The molecule has 0 rings (SSSR count). The molecular weight excluding hydrogens is 925 g/mol. The molecule has 6 heteroatoms. The van der Waals surface area contributed by atoms with Gasteiger partial charge < -0.3 is 14.2 Å². The second-order valence-corrected chi connectivity index (χ2v) is 20.2. The zero-order valence-corrected chi connectivity index (χ0v) is 48.8. The van der Waals surface area contributed by atoms with Crippen molar-refractivity contribution in [3.05, 3.63) is 122 Å². The second-order valence-electron chi connectivity index (χ2n) is 20.2. The molecule has 0 aromatic carbocycles. The first-order valence-corrected chi connectivity index (χ1v) is 31.0. The molecule has 1 atom stereocenters. The molecule has 0 spiro atoms. The van der Waals surface area contributed by atoms with Crippen LogP contribution in [0.25, 0.3) is 0 Å². The Hall–Kier alpha value is -4.19. The Morgan fingerprint density at radius 2 is 0.520 bits per heavy atom. The number of carbonyl (C=O) groups excluding carboxylic acids is 3. The van der Waals surface area contributed by atoms with Crippen LogP contribution >= 0.6 is 0 Å². The van der Waals surface area contributed by atoms with Crippen molar-refractivity contribution in [1.82, 2.24) is 0 Å². The summed E-state index contributed by atoms with van der Waals surface area (Å²) >= 11 is 0. The van der Waals surface area contributed by atoms with E-state index in [-0.39, 0.29) is 31.1 Å². The molecule has 426 valence electrons. The number of esters is 3. The summed E-state index contributed by atoms with van der Waals surface area (Å²) in [4.78, 5) is 38.1. The minimum Gasteiger partial charge on any atom is -0.462 e. The zero-order chi connectivity index (χ0) is 54.3. The van der Waals surface area contributed by atoms with Crippen LogP contribution in [0.5, 0.6) is 0 Å². The van der Waals surface area contributed by atoms with Gasteiger partial charge in [-0.3, -0.25) is 14.4 Å². The highest BCUT2D eigenvalue weighted by Gasteiger charge is 2.19. The first-order chi connectivity index (χ1) is 37.0. The van der Waals surface area contributed by atoms with Gasteiger partial charge in [0.15, 0.2) is 6.10 Å². The van der Waals surface area contributed by atoms with Gasteiger partial charge in [-0.25, -0.2) is 0 Å². The van der Waals surface area contributed by atoms with Crippen molar-refractivity contribution in [3.8, 4) is 0 Å². The lowest BCUT2D eigenvalue weighted by molar-refractivity contribution is -0.167. The summed E-state index contributed by atoms with van der Waals surface area (Å²) in [6.45, 7) is 6.38. The van der Waals surface area contributed by atoms with E-state index in [4.69, 9.17) is 14.2 Å². The van der Waals surface area contributed by atoms with Crippen molar-refractivity contribution in [1.29, 1.82) is 0 Å². The lowest BCUT2D eigenvalue weighted by atomic mass is 10.1. The summed E-state index contributed by atoms with van der Waals surface area (Å²) in [5.41, 5.74) is 0. The number of hydrogen-bond acceptors (Lipinski definition) is 6. The molecule has 0 heterocycles. The van der Waals surface area contributed by atoms with Crippen molar-refractivity contribution >= 4 is 17.9 Å². The summed E-state index contributed by atoms with van der Waals surface area (Å²) in [5.74, 6) is -0.904. The van der Waals surface area contributed by atoms with Gasteiger partial charge in [-0.1, -0.05) is 271 Å². The second kappa shape index (κ2) is 62.4. The lowest BCUT2D eigenvalue weighted by Crippen LogP contribution is -2.30. The van der Waals surface area contributed by atoms with Crippen molar-refractivity contribution in [2.45, 2.75) is 284 Å². The molecule has 0 aliphatic rings. The van der Waals surface area contributed by atoms with Crippen LogP contribution in [0.1, 0.15) is 278 Å². The maximum atomic E-state index is 12.9. The highest BCUT2D eigenvalue weighted by atomic mass is 16.6. The summed E-state index contributed by atoms with van der Waals surface area (Å²) in [5, 5.41) is 0. The van der Waals surface area contributed by atoms with E-state index in [0.29, 0.717) is 19.3 Å². The van der Waals surface area contributed by atoms with Crippen LogP contribution in [0.15, 0.2) is 122 Å². The number of hydrogen-bond donors (Lipinski definition) is 0. The minimum absolute atomic E-state index is 0.0853. The fourth-order valence-electron chi connectivity index (χ4n) is 8.38. The molecule has 0 bridgehead atoms. The smallest absolute Gasteiger partial charge is 0.306 e. The first-order valence-electron chi connectivity index (χ1n) is 31.0. The quantitative estimate of drug-likeness (QED) is 0.0261. The monoisotopic (exact) mass is 1040 g/mol. The molecule has 75 heavy (non-hydrogen) atoms. The third-order valence-electron chi connectivity index (χ3n) is 13.0. The predicted molar refractivity (Wildman–Crippen MR) is 325 cm³/mol. The molecule has 1 unspecified atom stereocenters. The van der Waals surface area contributed by atoms with Gasteiger partial charge in [-0.15, -0.1) is 0 Å². The van der Waals surface area contributed by atoms with E-state index in [1.165, 1.54) is 103 Å². The summed E-state index contributed by atoms with van der Waals surface area (Å²) in [6.07, 6.45) is 86.4. The maximum Gasteiger partial charge on any atom is 0.306 e. The topological polar surface area (TPSA) is 78.9 Å². The van der Waals surface area contributed by atoms with Gasteiger partial charge in [0, 0.05) is 19.3 Å². The number of allylic oxidation sites excluding steroid dienone is 20. The Labute approximate surface area is 462 Å². The van der Waals surface area contributed by atoms with E-state index in [1.54, 1.807) is 0 Å². The highest BCUT2D eigenvalue weighted by molar-refractivity contribution is 5.71. The number of unbranched alkanes of at least 4 members (excludes halogenated alkanes) is 24. The average molecular weight is 1040 g/mol. The van der Waals surface area contributed by atoms with Gasteiger partial charge in [0.2, 0.25) is 0 Å². The van der Waals surface area contributed by atoms with Crippen molar-refractivity contribution in [2.24, 2.45) is 0 Å². The third-order valence-corrected chi connectivity index (χ3v) is 13.0. The van der Waals surface area contributed by atoms with Gasteiger partial charge in [0.05, 0.1) is 0 Å². The van der Waals surface area contributed by atoms with E-state index in [1.807, 2.05) is 0 Å². The first kappa shape index (κ1) is 70.8. The molecule has 0 N–H and O–H groups in total. The van der Waals surface area contributed by atoms with Gasteiger partial charge in [-0.2, -0.15) is 0 Å². The van der Waals surface area contributed by atoms with Crippen LogP contribution in [0, 0.1) is 0 Å². The zero-order valence-electron chi connectivity index (χ0n) is 48.8. The van der Waals surface area contributed by atoms with Crippen LogP contribution < -0.4 is 0 Å². The average Bonchev–Trinajstić information content (AvgIpc) is 3.41. The molecule has 0 radical (unpaired) electrons. The minimum atomic E-state index is -0.788. The predicted octanol–water partition coefficient (Wildman–Crippen LogP) is 21.2. The number of carbonyl (C=O) groups is 3. The van der Waals surface area contributed by atoms with Gasteiger partial charge in [-0.05, 0) is 109 Å². The van der Waals surface area contributed by atoms with Crippen LogP contribution in [0.3, 0.4) is 0 Å². The van der Waals surface area contributed by atoms with Crippen LogP contribution in [-0.2, 0) is 28.6 Å². The standard InChI is InChI=1S/C69H114O6/c1-4-7-10-13-16-19-21-23-25-27-29-30-31-32-33-34-35-36-37-38-40-41-43-45-47-50-53-56-59-62-68(71)74-65-66(64-73-67(70)61-58-55-52-49-18-15-12-9-6-3)75-69(72)63-60-57-54-51-48-46-44-42-39-28-26-24-22-20-17-14-11-8-5-2/h7-8,10-11,16-17,19-20,23-26,29-30,32-33,35-36,39,42,66H,4-6,9,12-15,18,21-22,27-28,31,34,37-38,40-41,43-65H2,1-3H3/b10-7-,11-8-,19-16-,20-17-,25-23-,26-24-,30-29-,33-32-,36-35-,42-39-.